The van der Waals surface area contributed by atoms with Gasteiger partial charge in [-0.25, -0.2) is 16.8 Å². The van der Waals surface area contributed by atoms with Crippen molar-refractivity contribution in [3.63, 3.8) is 0 Å². The van der Waals surface area contributed by atoms with Gasteiger partial charge in [-0.15, -0.1) is 20.4 Å². The van der Waals surface area contributed by atoms with E-state index in [4.69, 9.17) is 51.6 Å². The average molecular weight is 1090 g/mol. The van der Waals surface area contributed by atoms with E-state index in [1.165, 1.54) is 90.7 Å². The van der Waals surface area contributed by atoms with Gasteiger partial charge < -0.3 is 28.4 Å². The summed E-state index contributed by atoms with van der Waals surface area (Å²) in [6.45, 7) is 2.98. The summed E-state index contributed by atoms with van der Waals surface area (Å²) < 4.78 is 94.6. The lowest BCUT2D eigenvalue weighted by molar-refractivity contribution is 0.0988. The molecule has 388 valence electrons. The maximum absolute atomic E-state index is 13.5. The molecule has 8 heterocycles. The number of anilines is 2. The molecule has 0 aromatic carbocycles. The van der Waals surface area contributed by atoms with Crippen LogP contribution in [0.3, 0.4) is 0 Å². The predicted octanol–water partition coefficient (Wildman–Crippen LogP) is 5.41. The van der Waals surface area contributed by atoms with Crippen LogP contribution in [-0.4, -0.2) is 139 Å². The van der Waals surface area contributed by atoms with Crippen molar-refractivity contribution in [3.8, 4) is 57.7 Å². The lowest BCUT2D eigenvalue weighted by Crippen LogP contribution is -2.33. The Balaban J connectivity index is 0.000000216. The average Bonchev–Trinajstić information content (AvgIpc) is 4.03. The van der Waals surface area contributed by atoms with Crippen molar-refractivity contribution >= 4 is 55.1 Å². The lowest BCUT2D eigenvalue weighted by atomic mass is 10.2. The molecule has 0 amide bonds. The number of hydrogen-bond donors (Lipinski definition) is 2. The first kappa shape index (κ1) is 54.0. The molecule has 26 nitrogen and oxygen atoms in total. The lowest BCUT2D eigenvalue weighted by Gasteiger charge is -2.23. The molecular weight excluding hydrogens is 1050 g/mol. The van der Waals surface area contributed by atoms with Crippen molar-refractivity contribution in [2.75, 3.05) is 52.1 Å². The number of aromatic nitrogens is 14. The highest BCUT2D eigenvalue weighted by Gasteiger charge is 2.36. The van der Waals surface area contributed by atoms with Crippen molar-refractivity contribution in [2.45, 2.75) is 36.6 Å². The van der Waals surface area contributed by atoms with Crippen LogP contribution in [0, 0.1) is 0 Å². The summed E-state index contributed by atoms with van der Waals surface area (Å²) in [6, 6.07) is 13.3. The summed E-state index contributed by atoms with van der Waals surface area (Å²) in [4.78, 5) is 33.2. The number of pyridine rings is 4. The molecule has 74 heavy (non-hydrogen) atoms. The van der Waals surface area contributed by atoms with Crippen molar-refractivity contribution in [3.05, 3.63) is 120 Å². The maximum atomic E-state index is 13.5. The number of hydrogen-bond acceptors (Lipinski definition) is 22. The van der Waals surface area contributed by atoms with E-state index in [-0.39, 0.29) is 58.4 Å². The SMILES string of the molecule is COc1ncnc(OC)c1-n1c(NS(=O)(=O)[C@@H](C)[C@H](OC)c2ccc(Cl)cn2)nnc1-c1cccnc1.COc1ncnc(OC)c1-n1c(NS(=O)(=O)[C@H](C)[C@@H](OC)c2ccc(Cl)cn2)nnc1-c1cccnc1. The minimum absolute atomic E-state index is 0.102. The molecule has 0 saturated carbocycles. The first-order valence-electron chi connectivity index (χ1n) is 21.5. The highest BCUT2D eigenvalue weighted by atomic mass is 35.5. The molecule has 0 bridgehead atoms. The predicted molar refractivity (Wildman–Crippen MR) is 269 cm³/mol. The molecule has 0 saturated heterocycles. The summed E-state index contributed by atoms with van der Waals surface area (Å²) in [5.41, 5.74) is 2.24. The minimum atomic E-state index is -4.13. The Morgan fingerprint density at radius 3 is 1.15 bits per heavy atom. The van der Waals surface area contributed by atoms with Crippen LogP contribution in [0.5, 0.6) is 23.5 Å². The number of rotatable bonds is 20. The van der Waals surface area contributed by atoms with Gasteiger partial charge in [-0.1, -0.05) is 23.2 Å². The molecule has 0 aliphatic rings. The Bertz CT molecular complexity index is 3120. The maximum Gasteiger partial charge on any atom is 0.245 e. The van der Waals surface area contributed by atoms with Gasteiger partial charge in [0.25, 0.3) is 0 Å². The van der Waals surface area contributed by atoms with E-state index < -0.39 is 42.8 Å². The minimum Gasteiger partial charge on any atom is -0.479 e. The van der Waals surface area contributed by atoms with Gasteiger partial charge in [0.2, 0.25) is 55.5 Å². The van der Waals surface area contributed by atoms with Crippen molar-refractivity contribution in [1.29, 1.82) is 0 Å². The molecule has 0 aliphatic carbocycles. The number of ether oxygens (including phenoxy) is 6. The smallest absolute Gasteiger partial charge is 0.245 e. The summed E-state index contributed by atoms with van der Waals surface area (Å²) in [7, 11) is 0.171. The van der Waals surface area contributed by atoms with Gasteiger partial charge in [-0.05, 0) is 62.4 Å². The monoisotopic (exact) mass is 1090 g/mol. The zero-order valence-corrected chi connectivity index (χ0v) is 43.6. The van der Waals surface area contributed by atoms with Crippen LogP contribution in [0.4, 0.5) is 11.9 Å². The van der Waals surface area contributed by atoms with Gasteiger partial charge in [-0.2, -0.15) is 19.9 Å². The van der Waals surface area contributed by atoms with Crippen LogP contribution in [0.15, 0.2) is 98.4 Å². The van der Waals surface area contributed by atoms with Crippen molar-refractivity contribution in [1.82, 2.24) is 69.4 Å². The standard InChI is InChI=1S/2C22H23ClN8O5S/c2*1-13(18(34-2)16-8-7-15(23)11-25-16)37(32,33)30-22-29-28-19(14-6-5-9-24-10-14)31(22)17-20(35-3)26-12-27-21(17)36-4/h2*5-13,18H,1-4H3,(H,29,30)/t2*13-,18-/m10/s1. The number of methoxy groups -OCH3 is 6. The van der Waals surface area contributed by atoms with Gasteiger partial charge in [0.15, 0.2) is 23.0 Å². The Morgan fingerprint density at radius 1 is 0.500 bits per heavy atom. The van der Waals surface area contributed by atoms with Gasteiger partial charge in [0.1, 0.15) is 35.4 Å². The fraction of sp³-hybridized carbons (Fsp3) is 0.273. The van der Waals surface area contributed by atoms with Crippen molar-refractivity contribution in [2.24, 2.45) is 0 Å². The zero-order valence-electron chi connectivity index (χ0n) is 40.5. The second kappa shape index (κ2) is 23.9. The highest BCUT2D eigenvalue weighted by molar-refractivity contribution is 7.93. The van der Waals surface area contributed by atoms with E-state index in [1.54, 1.807) is 73.3 Å². The first-order valence-corrected chi connectivity index (χ1v) is 25.4. The highest BCUT2D eigenvalue weighted by Crippen LogP contribution is 2.38. The zero-order chi connectivity index (χ0) is 53.2. The molecular formula is C44H46Cl2N16O10S2. The van der Waals surface area contributed by atoms with E-state index in [1.807, 2.05) is 0 Å². The fourth-order valence-electron chi connectivity index (χ4n) is 7.15. The second-order valence-electron chi connectivity index (χ2n) is 15.1. The number of halogens is 2. The topological polar surface area (TPSA) is 312 Å². The van der Waals surface area contributed by atoms with Crippen LogP contribution in [0.25, 0.3) is 34.2 Å². The number of nitrogens with zero attached hydrogens (tertiary/aromatic N) is 14. The quantitative estimate of drug-likeness (QED) is 0.0964. The van der Waals surface area contributed by atoms with Gasteiger partial charge >= 0.3 is 0 Å². The molecule has 8 rings (SSSR count). The summed E-state index contributed by atoms with van der Waals surface area (Å²) in [5.74, 6) is 0.582. The summed E-state index contributed by atoms with van der Waals surface area (Å²) in [6.07, 6.45) is 9.82. The van der Waals surface area contributed by atoms with Crippen molar-refractivity contribution < 1.29 is 45.3 Å². The van der Waals surface area contributed by atoms with E-state index in [9.17, 15) is 16.8 Å². The molecule has 4 atom stereocenters. The van der Waals surface area contributed by atoms with Crippen LogP contribution in [-0.2, 0) is 29.5 Å². The van der Waals surface area contributed by atoms with E-state index in [2.05, 4.69) is 69.7 Å². The molecule has 8 aromatic rings. The third-order valence-corrected chi connectivity index (χ3v) is 14.6. The van der Waals surface area contributed by atoms with Crippen LogP contribution in [0.1, 0.15) is 37.4 Å². The van der Waals surface area contributed by atoms with E-state index in [0.717, 1.165) is 0 Å². The normalized spacial score (nSPS) is 13.1. The number of sulfonamides is 2. The molecule has 0 unspecified atom stereocenters. The summed E-state index contributed by atoms with van der Waals surface area (Å²) >= 11 is 11.9. The molecule has 30 heteroatoms. The third kappa shape index (κ3) is 11.7. The van der Waals surface area contributed by atoms with Crippen LogP contribution < -0.4 is 28.4 Å². The molecule has 0 aliphatic heterocycles. The van der Waals surface area contributed by atoms with Gasteiger partial charge in [0.05, 0.1) is 49.9 Å². The number of nitrogens with one attached hydrogen (secondary N) is 2. The molecule has 2 N–H and O–H groups in total. The van der Waals surface area contributed by atoms with Crippen LogP contribution >= 0.6 is 23.2 Å². The molecule has 0 spiro atoms. The Hall–Kier alpha value is -7.76. The first-order chi connectivity index (χ1) is 35.6. The molecule has 0 fully saturated rings. The van der Waals surface area contributed by atoms with Gasteiger partial charge in [0, 0.05) is 62.5 Å². The Morgan fingerprint density at radius 2 is 0.865 bits per heavy atom. The van der Waals surface area contributed by atoms with Crippen LogP contribution in [0.2, 0.25) is 10.0 Å². The molecule has 8 aromatic heterocycles. The van der Waals surface area contributed by atoms with E-state index >= 15 is 0 Å². The largest absolute Gasteiger partial charge is 0.479 e. The van der Waals surface area contributed by atoms with E-state index in [0.29, 0.717) is 32.6 Å². The summed E-state index contributed by atoms with van der Waals surface area (Å²) in [5, 5.41) is 15.3. The third-order valence-electron chi connectivity index (χ3n) is 10.8. The fourth-order valence-corrected chi connectivity index (χ4v) is 9.67. The molecule has 0 radical (unpaired) electrons. The van der Waals surface area contributed by atoms with Gasteiger partial charge in [-0.3, -0.25) is 38.5 Å². The Kier molecular flexibility index (Phi) is 17.4. The Labute approximate surface area is 434 Å². The second-order valence-corrected chi connectivity index (χ2v) is 20.1.